The van der Waals surface area contributed by atoms with Crippen LogP contribution in [0.1, 0.15) is 45.5 Å². The molecule has 1 aromatic heterocycles. The Balaban J connectivity index is 1.59. The van der Waals surface area contributed by atoms with Crippen molar-refractivity contribution in [2.75, 3.05) is 25.6 Å². The zero-order valence-electron chi connectivity index (χ0n) is 20.8. The number of hydrogen-bond acceptors (Lipinski definition) is 5. The van der Waals surface area contributed by atoms with Crippen LogP contribution < -0.4 is 10.6 Å². The number of ether oxygens (including phenoxy) is 1. The zero-order valence-corrected chi connectivity index (χ0v) is 21.7. The van der Waals surface area contributed by atoms with Gasteiger partial charge < -0.3 is 20.3 Å². The molecule has 0 spiro atoms. The lowest BCUT2D eigenvalue weighted by Crippen LogP contribution is -2.37. The fraction of sp³-hybridized carbons (Fsp3) is 0.370. The van der Waals surface area contributed by atoms with Crippen molar-refractivity contribution in [1.29, 1.82) is 0 Å². The van der Waals surface area contributed by atoms with Crippen LogP contribution >= 0.6 is 11.3 Å². The number of rotatable bonds is 11. The number of thiazole rings is 1. The summed E-state index contributed by atoms with van der Waals surface area (Å²) >= 11 is 1.37. The number of para-hydroxylation sites is 1. The Bertz CT molecular complexity index is 1100. The maximum atomic E-state index is 13.1. The van der Waals surface area contributed by atoms with E-state index in [4.69, 9.17) is 4.74 Å². The number of nitrogens with zero attached hydrogens (tertiary/aromatic N) is 2. The van der Waals surface area contributed by atoms with Crippen LogP contribution in [0.3, 0.4) is 0 Å². The Hall–Kier alpha value is -3.23. The van der Waals surface area contributed by atoms with E-state index < -0.39 is 0 Å². The molecule has 0 aliphatic heterocycles. The molecular weight excluding hydrogens is 460 g/mol. The second-order valence-corrected chi connectivity index (χ2v) is 9.58. The number of hydrogen-bond donors (Lipinski definition) is 2. The molecule has 0 bridgehead atoms. The molecule has 1 unspecified atom stereocenters. The average molecular weight is 495 g/mol. The number of amides is 3. The number of nitrogens with one attached hydrogen (secondary N) is 2. The van der Waals surface area contributed by atoms with Crippen LogP contribution in [0.4, 0.5) is 10.5 Å². The predicted octanol–water partition coefficient (Wildman–Crippen LogP) is 5.19. The molecular formula is C27H34N4O3S. The van der Waals surface area contributed by atoms with E-state index >= 15 is 0 Å². The number of aryl methyl sites for hydroxylation is 3. The van der Waals surface area contributed by atoms with E-state index in [1.165, 1.54) is 16.9 Å². The Morgan fingerprint density at radius 3 is 2.49 bits per heavy atom. The molecule has 3 amide bonds. The third-order valence-electron chi connectivity index (χ3n) is 5.76. The van der Waals surface area contributed by atoms with E-state index in [0.29, 0.717) is 30.4 Å². The summed E-state index contributed by atoms with van der Waals surface area (Å²) in [5.74, 6) is -0.198. The first-order chi connectivity index (χ1) is 16.9. The lowest BCUT2D eigenvalue weighted by molar-refractivity contribution is 0.0933. The maximum absolute atomic E-state index is 13.1. The minimum absolute atomic E-state index is 0.0224. The minimum Gasteiger partial charge on any atom is -0.383 e. The number of anilines is 1. The summed E-state index contributed by atoms with van der Waals surface area (Å²) in [7, 11) is 1.60. The molecule has 1 heterocycles. The molecule has 3 aromatic rings. The van der Waals surface area contributed by atoms with Gasteiger partial charge in [0.2, 0.25) is 0 Å². The molecule has 0 aliphatic carbocycles. The van der Waals surface area contributed by atoms with Crippen molar-refractivity contribution in [2.45, 2.75) is 46.2 Å². The molecule has 8 heteroatoms. The first kappa shape index (κ1) is 26.4. The summed E-state index contributed by atoms with van der Waals surface area (Å²) in [6.07, 6.45) is 1.74. The second-order valence-electron chi connectivity index (χ2n) is 8.64. The third kappa shape index (κ3) is 7.90. The van der Waals surface area contributed by atoms with E-state index in [1.54, 1.807) is 17.4 Å². The van der Waals surface area contributed by atoms with Gasteiger partial charge in [-0.3, -0.25) is 4.79 Å². The fourth-order valence-corrected chi connectivity index (χ4v) is 4.49. The summed E-state index contributed by atoms with van der Waals surface area (Å²) in [5, 5.41) is 8.48. The lowest BCUT2D eigenvalue weighted by Gasteiger charge is -2.23. The van der Waals surface area contributed by atoms with Gasteiger partial charge in [0.05, 0.1) is 13.2 Å². The van der Waals surface area contributed by atoms with Gasteiger partial charge in [0.25, 0.3) is 5.91 Å². The Labute approximate surface area is 211 Å². The van der Waals surface area contributed by atoms with Crippen LogP contribution in [0.15, 0.2) is 53.9 Å². The first-order valence-electron chi connectivity index (χ1n) is 11.8. The topological polar surface area (TPSA) is 83.6 Å². The Kier molecular flexibility index (Phi) is 9.81. The Morgan fingerprint density at radius 2 is 1.80 bits per heavy atom. The maximum Gasteiger partial charge on any atom is 0.322 e. The second kappa shape index (κ2) is 13.0. The van der Waals surface area contributed by atoms with Crippen molar-refractivity contribution >= 4 is 29.0 Å². The molecule has 3 rings (SSSR count). The monoisotopic (exact) mass is 494 g/mol. The number of benzene rings is 2. The summed E-state index contributed by atoms with van der Waals surface area (Å²) in [5.41, 5.74) is 4.43. The van der Waals surface area contributed by atoms with Gasteiger partial charge in [-0.1, -0.05) is 48.5 Å². The highest BCUT2D eigenvalue weighted by Crippen LogP contribution is 2.21. The molecule has 2 aromatic carbocycles. The number of urea groups is 1. The number of aromatic nitrogens is 1. The summed E-state index contributed by atoms with van der Waals surface area (Å²) < 4.78 is 5.20. The van der Waals surface area contributed by atoms with Crippen molar-refractivity contribution in [3.05, 3.63) is 81.3 Å². The van der Waals surface area contributed by atoms with Crippen molar-refractivity contribution in [2.24, 2.45) is 0 Å². The van der Waals surface area contributed by atoms with E-state index in [-0.39, 0.29) is 18.0 Å². The quantitative estimate of drug-likeness (QED) is 0.384. The highest BCUT2D eigenvalue weighted by atomic mass is 32.1. The van der Waals surface area contributed by atoms with Crippen LogP contribution in [0.25, 0.3) is 0 Å². The number of methoxy groups -OCH3 is 1. The van der Waals surface area contributed by atoms with Gasteiger partial charge in [-0.2, -0.15) is 0 Å². The largest absolute Gasteiger partial charge is 0.383 e. The van der Waals surface area contributed by atoms with Gasteiger partial charge in [0.1, 0.15) is 10.7 Å². The lowest BCUT2D eigenvalue weighted by atomic mass is 10.1. The number of carbonyl (C=O) groups is 2. The average Bonchev–Trinajstić information content (AvgIpc) is 3.32. The van der Waals surface area contributed by atoms with Gasteiger partial charge in [0.15, 0.2) is 0 Å². The van der Waals surface area contributed by atoms with Crippen LogP contribution in [0.5, 0.6) is 0 Å². The minimum atomic E-state index is -0.227. The predicted molar refractivity (Wildman–Crippen MR) is 141 cm³/mol. The highest BCUT2D eigenvalue weighted by Gasteiger charge is 2.19. The SMILES string of the molecule is COCCN(Cc1nc(C(=O)NC(C)CCc2ccccc2)cs1)C(=O)Nc1c(C)cccc1C. The van der Waals surface area contributed by atoms with Crippen molar-refractivity contribution in [1.82, 2.24) is 15.2 Å². The van der Waals surface area contributed by atoms with Gasteiger partial charge in [0, 0.05) is 30.8 Å². The van der Waals surface area contributed by atoms with E-state index in [2.05, 4.69) is 27.8 Å². The molecule has 186 valence electrons. The van der Waals surface area contributed by atoms with Crippen LogP contribution in [0.2, 0.25) is 0 Å². The highest BCUT2D eigenvalue weighted by molar-refractivity contribution is 7.09. The van der Waals surface area contributed by atoms with Crippen LogP contribution in [-0.2, 0) is 17.7 Å². The zero-order chi connectivity index (χ0) is 25.2. The molecule has 0 fully saturated rings. The van der Waals surface area contributed by atoms with E-state index in [9.17, 15) is 9.59 Å². The summed E-state index contributed by atoms with van der Waals surface area (Å²) in [4.78, 5) is 31.9. The van der Waals surface area contributed by atoms with Gasteiger partial charge in [-0.05, 0) is 50.3 Å². The number of carbonyl (C=O) groups excluding carboxylic acids is 2. The normalized spacial score (nSPS) is 11.7. The van der Waals surface area contributed by atoms with Crippen LogP contribution in [0, 0.1) is 13.8 Å². The molecule has 0 saturated heterocycles. The Morgan fingerprint density at radius 1 is 1.09 bits per heavy atom. The van der Waals surface area contributed by atoms with E-state index in [0.717, 1.165) is 29.7 Å². The van der Waals surface area contributed by atoms with Crippen molar-refractivity contribution in [3.63, 3.8) is 0 Å². The third-order valence-corrected chi connectivity index (χ3v) is 6.60. The molecule has 0 aliphatic rings. The van der Waals surface area contributed by atoms with Gasteiger partial charge in [-0.15, -0.1) is 11.3 Å². The molecule has 35 heavy (non-hydrogen) atoms. The summed E-state index contributed by atoms with van der Waals surface area (Å²) in [6.45, 7) is 7.03. The molecule has 0 radical (unpaired) electrons. The smallest absolute Gasteiger partial charge is 0.322 e. The van der Waals surface area contributed by atoms with Crippen LogP contribution in [-0.4, -0.2) is 48.1 Å². The molecule has 0 saturated carbocycles. The standard InChI is InChI=1S/C27H34N4O3S/c1-19-9-8-10-20(2)25(19)30-27(33)31(15-16-34-4)17-24-29-23(18-35-24)26(32)28-21(3)13-14-22-11-6-5-7-12-22/h5-12,18,21H,13-17H2,1-4H3,(H,28,32)(H,30,33). The summed E-state index contributed by atoms with van der Waals surface area (Å²) in [6, 6.07) is 15.9. The van der Waals surface area contributed by atoms with E-state index in [1.807, 2.05) is 57.2 Å². The molecule has 2 N–H and O–H groups in total. The van der Waals surface area contributed by atoms with Gasteiger partial charge >= 0.3 is 6.03 Å². The fourth-order valence-electron chi connectivity index (χ4n) is 3.70. The first-order valence-corrected chi connectivity index (χ1v) is 12.7. The van der Waals surface area contributed by atoms with Crippen molar-refractivity contribution in [3.8, 4) is 0 Å². The molecule has 1 atom stereocenters. The molecule has 7 nitrogen and oxygen atoms in total. The van der Waals surface area contributed by atoms with Gasteiger partial charge in [-0.25, -0.2) is 9.78 Å². The van der Waals surface area contributed by atoms with Crippen molar-refractivity contribution < 1.29 is 14.3 Å².